The summed E-state index contributed by atoms with van der Waals surface area (Å²) in [7, 11) is 0. The van der Waals surface area contributed by atoms with Crippen LogP contribution in [0.4, 0.5) is 0 Å². The number of hydrogen-bond acceptors (Lipinski definition) is 3. The van der Waals surface area contributed by atoms with Crippen molar-refractivity contribution in [2.45, 2.75) is 38.8 Å². The Morgan fingerprint density at radius 2 is 2.08 bits per heavy atom. The van der Waals surface area contributed by atoms with Gasteiger partial charge in [0.05, 0.1) is 29.4 Å². The first kappa shape index (κ1) is 15.1. The summed E-state index contributed by atoms with van der Waals surface area (Å²) in [5.41, 5.74) is 4.87. The van der Waals surface area contributed by atoms with Crippen molar-refractivity contribution in [1.82, 2.24) is 24.6 Å². The van der Waals surface area contributed by atoms with Crippen LogP contribution in [0.15, 0.2) is 48.9 Å². The molecule has 4 rings (SSSR count). The number of para-hydroxylation sites is 1. The van der Waals surface area contributed by atoms with E-state index in [1.807, 2.05) is 23.3 Å². The number of nitrogens with zero attached hydrogens (tertiary/aromatic N) is 4. The van der Waals surface area contributed by atoms with Crippen LogP contribution < -0.4 is 0 Å². The van der Waals surface area contributed by atoms with Gasteiger partial charge in [-0.25, -0.2) is 9.67 Å². The normalized spacial score (nSPS) is 17.8. The Hall–Kier alpha value is -2.40. The Kier molecular flexibility index (Phi) is 4.17. The van der Waals surface area contributed by atoms with Crippen LogP contribution in [0, 0.1) is 0 Å². The average molecular weight is 321 g/mol. The smallest absolute Gasteiger partial charge is 0.0925 e. The maximum absolute atomic E-state index is 4.60. The van der Waals surface area contributed by atoms with E-state index >= 15 is 0 Å². The zero-order valence-corrected chi connectivity index (χ0v) is 14.0. The molecule has 0 radical (unpaired) electrons. The van der Waals surface area contributed by atoms with E-state index in [1.165, 1.54) is 17.1 Å². The second kappa shape index (κ2) is 6.61. The Bertz CT molecular complexity index is 789. The third-order valence-corrected chi connectivity index (χ3v) is 4.81. The number of imidazole rings is 1. The van der Waals surface area contributed by atoms with Gasteiger partial charge in [0.25, 0.3) is 0 Å². The molecule has 0 unspecified atom stereocenters. The van der Waals surface area contributed by atoms with E-state index in [2.05, 4.69) is 57.2 Å². The lowest BCUT2D eigenvalue weighted by molar-refractivity contribution is 0.158. The summed E-state index contributed by atoms with van der Waals surface area (Å²) in [5.74, 6) is 0. The summed E-state index contributed by atoms with van der Waals surface area (Å²) in [6.45, 7) is 4.19. The Balaban J connectivity index is 1.61. The molecule has 2 aromatic heterocycles. The molecule has 1 N–H and O–H groups in total. The van der Waals surface area contributed by atoms with E-state index in [1.54, 1.807) is 0 Å². The summed E-state index contributed by atoms with van der Waals surface area (Å²) in [6, 6.07) is 12.9. The first-order valence-electron chi connectivity index (χ1n) is 8.71. The molecule has 0 aliphatic carbocycles. The molecule has 5 nitrogen and oxygen atoms in total. The van der Waals surface area contributed by atoms with Gasteiger partial charge in [0.1, 0.15) is 0 Å². The van der Waals surface area contributed by atoms with Gasteiger partial charge in [-0.15, -0.1) is 0 Å². The molecule has 124 valence electrons. The van der Waals surface area contributed by atoms with Crippen LogP contribution in [0.1, 0.15) is 42.9 Å². The minimum absolute atomic E-state index is 0.393. The van der Waals surface area contributed by atoms with E-state index in [9.17, 15) is 0 Å². The molecule has 3 heterocycles. The van der Waals surface area contributed by atoms with E-state index < -0.39 is 0 Å². The number of aromatic amines is 1. The van der Waals surface area contributed by atoms with Gasteiger partial charge in [-0.3, -0.25) is 4.90 Å². The lowest BCUT2D eigenvalue weighted by atomic mass is 9.98. The zero-order chi connectivity index (χ0) is 16.4. The third kappa shape index (κ3) is 2.76. The highest BCUT2D eigenvalue weighted by Crippen LogP contribution is 2.32. The minimum Gasteiger partial charge on any atom is -0.348 e. The number of nitrogens with one attached hydrogen (secondary N) is 1. The van der Waals surface area contributed by atoms with Crippen molar-refractivity contribution < 1.29 is 0 Å². The highest BCUT2D eigenvalue weighted by Gasteiger charge is 2.29. The predicted octanol–water partition coefficient (Wildman–Crippen LogP) is 3.49. The maximum Gasteiger partial charge on any atom is 0.0925 e. The van der Waals surface area contributed by atoms with E-state index in [0.29, 0.717) is 6.04 Å². The van der Waals surface area contributed by atoms with Crippen LogP contribution in [0.25, 0.3) is 5.69 Å². The highest BCUT2D eigenvalue weighted by molar-refractivity contribution is 5.32. The van der Waals surface area contributed by atoms with Gasteiger partial charge in [-0.1, -0.05) is 31.5 Å². The van der Waals surface area contributed by atoms with Gasteiger partial charge in [0.15, 0.2) is 0 Å². The Labute approximate surface area is 142 Å². The Morgan fingerprint density at radius 3 is 2.92 bits per heavy atom. The van der Waals surface area contributed by atoms with Crippen molar-refractivity contribution in [3.8, 4) is 5.69 Å². The molecule has 1 aromatic carbocycles. The van der Waals surface area contributed by atoms with Crippen molar-refractivity contribution in [3.05, 3.63) is 66.0 Å². The molecule has 0 spiro atoms. The minimum atomic E-state index is 0.393. The molecular formula is C19H23N5. The van der Waals surface area contributed by atoms with Gasteiger partial charge >= 0.3 is 0 Å². The van der Waals surface area contributed by atoms with E-state index in [-0.39, 0.29) is 0 Å². The fourth-order valence-corrected chi connectivity index (χ4v) is 3.65. The lowest BCUT2D eigenvalue weighted by Gasteiger charge is -2.34. The van der Waals surface area contributed by atoms with Gasteiger partial charge in [-0.05, 0) is 24.6 Å². The standard InChI is InChI=1S/C19H23N5/c1-2-6-18-19-17(20-14-21-19)10-12-23(18)13-16-9-11-22-24(16)15-7-4-3-5-8-15/h3-5,7-9,11,14,18H,2,6,10,12-13H2,1H3,(H,20,21)/t18-/m0/s1. The number of aromatic nitrogens is 4. The van der Waals surface area contributed by atoms with Crippen molar-refractivity contribution >= 4 is 0 Å². The van der Waals surface area contributed by atoms with Crippen molar-refractivity contribution in [3.63, 3.8) is 0 Å². The maximum atomic E-state index is 4.60. The summed E-state index contributed by atoms with van der Waals surface area (Å²) in [4.78, 5) is 10.4. The third-order valence-electron chi connectivity index (χ3n) is 4.81. The SMILES string of the molecule is CCC[C@H]1c2nc[nH]c2CCN1Cc1ccnn1-c1ccccc1. The fraction of sp³-hybridized carbons (Fsp3) is 0.368. The molecule has 1 atom stereocenters. The molecule has 0 bridgehead atoms. The fourth-order valence-electron chi connectivity index (χ4n) is 3.65. The number of hydrogen-bond donors (Lipinski definition) is 1. The summed E-state index contributed by atoms with van der Waals surface area (Å²) in [6.07, 6.45) is 7.06. The van der Waals surface area contributed by atoms with E-state index in [0.717, 1.165) is 38.0 Å². The van der Waals surface area contributed by atoms with E-state index in [4.69, 9.17) is 0 Å². The average Bonchev–Trinajstić information content (AvgIpc) is 3.27. The summed E-state index contributed by atoms with van der Waals surface area (Å²) in [5, 5.41) is 4.53. The molecule has 5 heteroatoms. The molecular weight excluding hydrogens is 298 g/mol. The van der Waals surface area contributed by atoms with Crippen LogP contribution in [0.3, 0.4) is 0 Å². The first-order chi connectivity index (χ1) is 11.9. The molecule has 24 heavy (non-hydrogen) atoms. The highest BCUT2D eigenvalue weighted by atomic mass is 15.3. The molecule has 1 aliphatic heterocycles. The van der Waals surface area contributed by atoms with Crippen molar-refractivity contribution in [2.75, 3.05) is 6.54 Å². The summed E-state index contributed by atoms with van der Waals surface area (Å²) < 4.78 is 2.04. The molecule has 1 aliphatic rings. The van der Waals surface area contributed by atoms with Crippen LogP contribution in [0.2, 0.25) is 0 Å². The van der Waals surface area contributed by atoms with Gasteiger partial charge < -0.3 is 4.98 Å². The molecule has 3 aromatic rings. The van der Waals surface area contributed by atoms with Gasteiger partial charge in [0.2, 0.25) is 0 Å². The second-order valence-electron chi connectivity index (χ2n) is 6.36. The number of rotatable bonds is 5. The van der Waals surface area contributed by atoms with Crippen molar-refractivity contribution in [2.24, 2.45) is 0 Å². The quantitative estimate of drug-likeness (QED) is 0.782. The largest absolute Gasteiger partial charge is 0.348 e. The van der Waals surface area contributed by atoms with Gasteiger partial charge in [0, 0.05) is 31.4 Å². The number of benzene rings is 1. The zero-order valence-electron chi connectivity index (χ0n) is 14.0. The second-order valence-corrected chi connectivity index (χ2v) is 6.36. The summed E-state index contributed by atoms with van der Waals surface area (Å²) >= 11 is 0. The first-order valence-corrected chi connectivity index (χ1v) is 8.71. The van der Waals surface area contributed by atoms with Crippen LogP contribution in [-0.2, 0) is 13.0 Å². The number of fused-ring (bicyclic) bond motifs is 1. The van der Waals surface area contributed by atoms with Gasteiger partial charge in [-0.2, -0.15) is 5.10 Å². The number of H-pyrrole nitrogens is 1. The molecule has 0 fully saturated rings. The molecule has 0 saturated carbocycles. The monoisotopic (exact) mass is 321 g/mol. The van der Waals surface area contributed by atoms with Crippen LogP contribution >= 0.6 is 0 Å². The molecule has 0 saturated heterocycles. The van der Waals surface area contributed by atoms with Crippen molar-refractivity contribution in [1.29, 1.82) is 0 Å². The van der Waals surface area contributed by atoms with Crippen LogP contribution in [-0.4, -0.2) is 31.2 Å². The molecule has 0 amide bonds. The topological polar surface area (TPSA) is 49.7 Å². The van der Waals surface area contributed by atoms with Crippen LogP contribution in [0.5, 0.6) is 0 Å². The predicted molar refractivity (Wildman–Crippen MR) is 93.9 cm³/mol. The Morgan fingerprint density at radius 1 is 1.21 bits per heavy atom. The lowest BCUT2D eigenvalue weighted by Crippen LogP contribution is -2.35.